The largest absolute Gasteiger partial charge is 0.466 e. The van der Waals surface area contributed by atoms with E-state index in [-0.39, 0.29) is 18.5 Å². The van der Waals surface area contributed by atoms with Crippen molar-refractivity contribution < 1.29 is 24.5 Å². The molecule has 0 saturated heterocycles. The summed E-state index contributed by atoms with van der Waals surface area (Å²) in [5.74, 6) is -0.0699. The Kier molecular flexibility index (Phi) is 58.0. The van der Waals surface area contributed by atoms with E-state index < -0.39 is 12.1 Å². The van der Waals surface area contributed by atoms with Crippen molar-refractivity contribution in [1.82, 2.24) is 5.32 Å². The molecule has 0 aliphatic heterocycles. The number of hydrogen-bond donors (Lipinski definition) is 3. The Morgan fingerprint density at radius 1 is 0.391 bits per heavy atom. The molecule has 0 aromatic heterocycles. The van der Waals surface area contributed by atoms with Gasteiger partial charge in [-0.15, -0.1) is 0 Å². The Bertz CT molecular complexity index is 1030. The first-order chi connectivity index (χ1) is 34.0. The highest BCUT2D eigenvalue weighted by atomic mass is 16.5. The van der Waals surface area contributed by atoms with Crippen LogP contribution in [-0.4, -0.2) is 47.4 Å². The molecule has 0 saturated carbocycles. The summed E-state index contributed by atoms with van der Waals surface area (Å²) in [6, 6.07) is -0.634. The van der Waals surface area contributed by atoms with E-state index in [2.05, 4.69) is 19.2 Å². The van der Waals surface area contributed by atoms with E-state index >= 15 is 0 Å². The second kappa shape index (κ2) is 59.2. The first-order valence-electron chi connectivity index (χ1n) is 31.5. The van der Waals surface area contributed by atoms with E-state index in [0.29, 0.717) is 19.4 Å². The summed E-state index contributed by atoms with van der Waals surface area (Å²) in [7, 11) is 0. The maximum absolute atomic E-state index is 12.5. The van der Waals surface area contributed by atoms with Crippen molar-refractivity contribution >= 4 is 11.9 Å². The van der Waals surface area contributed by atoms with Gasteiger partial charge in [-0.05, 0) is 32.1 Å². The number of aliphatic hydroxyl groups is 2. The Morgan fingerprint density at radius 2 is 0.667 bits per heavy atom. The predicted molar refractivity (Wildman–Crippen MR) is 301 cm³/mol. The van der Waals surface area contributed by atoms with Gasteiger partial charge in [0.2, 0.25) is 5.91 Å². The van der Waals surface area contributed by atoms with Gasteiger partial charge < -0.3 is 20.3 Å². The Hall–Kier alpha value is -1.40. The molecule has 0 aliphatic rings. The van der Waals surface area contributed by atoms with Gasteiger partial charge >= 0.3 is 5.97 Å². The zero-order valence-corrected chi connectivity index (χ0v) is 46.8. The molecule has 410 valence electrons. The number of ether oxygens (including phenoxy) is 1. The van der Waals surface area contributed by atoms with Crippen LogP contribution in [0.3, 0.4) is 0 Å². The minimum absolute atomic E-state index is 0.00217. The van der Waals surface area contributed by atoms with Crippen LogP contribution in [0, 0.1) is 0 Å². The summed E-state index contributed by atoms with van der Waals surface area (Å²) < 4.78 is 5.47. The van der Waals surface area contributed by atoms with Gasteiger partial charge in [-0.25, -0.2) is 0 Å². The van der Waals surface area contributed by atoms with Gasteiger partial charge in [-0.1, -0.05) is 321 Å². The van der Waals surface area contributed by atoms with Crippen molar-refractivity contribution in [2.45, 2.75) is 366 Å². The molecule has 0 radical (unpaired) electrons. The maximum Gasteiger partial charge on any atom is 0.305 e. The molecule has 0 spiro atoms. The van der Waals surface area contributed by atoms with Crippen molar-refractivity contribution in [3.63, 3.8) is 0 Å². The van der Waals surface area contributed by atoms with E-state index in [1.54, 1.807) is 6.08 Å². The summed E-state index contributed by atoms with van der Waals surface area (Å²) in [5, 5.41) is 23.2. The molecule has 0 aliphatic carbocycles. The topological polar surface area (TPSA) is 95.9 Å². The summed E-state index contributed by atoms with van der Waals surface area (Å²) in [4.78, 5) is 24.5. The number of allylic oxidation sites excluding steroid dienone is 1. The Balaban J connectivity index is 3.45. The minimum atomic E-state index is -0.851. The maximum atomic E-state index is 12.5. The smallest absolute Gasteiger partial charge is 0.305 e. The van der Waals surface area contributed by atoms with Crippen molar-refractivity contribution in [2.75, 3.05) is 13.2 Å². The van der Waals surface area contributed by atoms with Crippen LogP contribution in [0.4, 0.5) is 0 Å². The summed E-state index contributed by atoms with van der Waals surface area (Å²) in [5.41, 5.74) is 0. The van der Waals surface area contributed by atoms with E-state index in [1.165, 1.54) is 283 Å². The molecule has 1 amide bonds. The molecular formula is C63H123NO5. The number of carbonyl (C=O) groups excluding carboxylic acids is 2. The molecule has 0 aromatic carbocycles. The van der Waals surface area contributed by atoms with Crippen LogP contribution < -0.4 is 5.32 Å². The first kappa shape index (κ1) is 67.6. The van der Waals surface area contributed by atoms with Gasteiger partial charge in [0.25, 0.3) is 0 Å². The molecule has 6 nitrogen and oxygen atoms in total. The first-order valence-corrected chi connectivity index (χ1v) is 31.5. The van der Waals surface area contributed by atoms with E-state index in [1.807, 2.05) is 6.08 Å². The van der Waals surface area contributed by atoms with Gasteiger partial charge in [-0.2, -0.15) is 0 Å². The normalized spacial score (nSPS) is 12.6. The monoisotopic (exact) mass is 974 g/mol. The third-order valence-corrected chi connectivity index (χ3v) is 14.8. The van der Waals surface area contributed by atoms with Crippen molar-refractivity contribution in [2.24, 2.45) is 0 Å². The van der Waals surface area contributed by atoms with Crippen LogP contribution >= 0.6 is 0 Å². The van der Waals surface area contributed by atoms with Crippen molar-refractivity contribution in [3.05, 3.63) is 12.2 Å². The zero-order chi connectivity index (χ0) is 50.0. The van der Waals surface area contributed by atoms with Gasteiger partial charge in [0.15, 0.2) is 0 Å². The number of carbonyl (C=O) groups is 2. The molecule has 0 aromatic rings. The fraction of sp³-hybridized carbons (Fsp3) is 0.937. The predicted octanol–water partition coefficient (Wildman–Crippen LogP) is 19.6. The van der Waals surface area contributed by atoms with Crippen LogP contribution in [0.25, 0.3) is 0 Å². The van der Waals surface area contributed by atoms with Crippen LogP contribution in [-0.2, 0) is 14.3 Å². The number of nitrogens with one attached hydrogen (secondary N) is 1. The highest BCUT2D eigenvalue weighted by Crippen LogP contribution is 2.18. The molecule has 0 fully saturated rings. The zero-order valence-electron chi connectivity index (χ0n) is 46.8. The standard InChI is InChI=1S/C63H123NO5/c1-3-5-7-9-11-13-15-17-18-19-20-21-22-23-24-25-26-28-32-35-39-43-47-51-55-61(66)60(59-65)64-62(67)56-52-48-44-40-36-33-29-27-30-34-38-42-46-50-54-58-69-63(68)57-53-49-45-41-37-31-16-14-12-10-8-6-4-2/h51,55,60-61,65-66H,3-50,52-54,56-59H2,1-2H3,(H,64,67)/b55-51+. The molecule has 2 unspecified atom stereocenters. The van der Waals surface area contributed by atoms with E-state index in [4.69, 9.17) is 4.74 Å². The highest BCUT2D eigenvalue weighted by molar-refractivity contribution is 5.76. The lowest BCUT2D eigenvalue weighted by atomic mass is 10.0. The van der Waals surface area contributed by atoms with Crippen LogP contribution in [0.15, 0.2) is 12.2 Å². The number of amides is 1. The molecule has 69 heavy (non-hydrogen) atoms. The molecule has 0 heterocycles. The lowest BCUT2D eigenvalue weighted by molar-refractivity contribution is -0.143. The van der Waals surface area contributed by atoms with Crippen LogP contribution in [0.5, 0.6) is 0 Å². The summed E-state index contributed by atoms with van der Waals surface area (Å²) in [6.07, 6.45) is 71.0. The number of esters is 1. The number of unbranched alkanes of at least 4 members (excludes halogenated alkanes) is 48. The second-order valence-corrected chi connectivity index (χ2v) is 21.8. The van der Waals surface area contributed by atoms with Crippen LogP contribution in [0.2, 0.25) is 0 Å². The number of hydrogen-bond acceptors (Lipinski definition) is 5. The highest BCUT2D eigenvalue weighted by Gasteiger charge is 2.18. The van der Waals surface area contributed by atoms with Crippen molar-refractivity contribution in [3.8, 4) is 0 Å². The molecule has 3 N–H and O–H groups in total. The SMILES string of the molecule is CCCCCCCCCCCCCCCCCCCCCCCC/C=C/C(O)C(CO)NC(=O)CCCCCCCCCCCCCCCCCOC(=O)CCCCCCCCCCCCCCC. The molecular weight excluding hydrogens is 851 g/mol. The molecule has 0 rings (SSSR count). The summed E-state index contributed by atoms with van der Waals surface area (Å²) >= 11 is 0. The fourth-order valence-corrected chi connectivity index (χ4v) is 9.99. The number of rotatable bonds is 59. The second-order valence-electron chi connectivity index (χ2n) is 21.8. The minimum Gasteiger partial charge on any atom is -0.466 e. The Labute approximate surface area is 431 Å². The van der Waals surface area contributed by atoms with Gasteiger partial charge in [0.1, 0.15) is 0 Å². The van der Waals surface area contributed by atoms with Gasteiger partial charge in [0, 0.05) is 12.8 Å². The lowest BCUT2D eigenvalue weighted by Gasteiger charge is -2.20. The van der Waals surface area contributed by atoms with Gasteiger partial charge in [-0.3, -0.25) is 9.59 Å². The number of aliphatic hydroxyl groups excluding tert-OH is 2. The molecule has 0 bridgehead atoms. The summed E-state index contributed by atoms with van der Waals surface area (Å²) in [6.45, 7) is 4.92. The van der Waals surface area contributed by atoms with Crippen LogP contribution in [0.1, 0.15) is 354 Å². The van der Waals surface area contributed by atoms with Gasteiger partial charge in [0.05, 0.1) is 25.4 Å². The molecule has 2 atom stereocenters. The average molecular weight is 975 g/mol. The fourth-order valence-electron chi connectivity index (χ4n) is 9.99. The lowest BCUT2D eigenvalue weighted by Crippen LogP contribution is -2.45. The quantitative estimate of drug-likeness (QED) is 0.0321. The third-order valence-electron chi connectivity index (χ3n) is 14.8. The van der Waals surface area contributed by atoms with Crippen molar-refractivity contribution in [1.29, 1.82) is 0 Å². The van der Waals surface area contributed by atoms with E-state index in [9.17, 15) is 19.8 Å². The Morgan fingerprint density at radius 3 is 0.986 bits per heavy atom. The average Bonchev–Trinajstić information content (AvgIpc) is 3.35. The molecule has 6 heteroatoms. The third kappa shape index (κ3) is 55.8. The van der Waals surface area contributed by atoms with E-state index in [0.717, 1.165) is 44.9 Å².